The molecular weight excluding hydrogens is 442 g/mol. The van der Waals surface area contributed by atoms with Gasteiger partial charge in [-0.2, -0.15) is 0 Å². The molecule has 0 unspecified atom stereocenters. The molecule has 3 aromatic carbocycles. The van der Waals surface area contributed by atoms with Crippen molar-refractivity contribution in [2.45, 2.75) is 13.8 Å². The lowest BCUT2D eigenvalue weighted by Crippen LogP contribution is -2.22. The normalized spacial score (nSPS) is 10.8. The number of rotatable bonds is 6. The Bertz CT molecular complexity index is 1370. The summed E-state index contributed by atoms with van der Waals surface area (Å²) in [7, 11) is 1.57. The summed E-state index contributed by atoms with van der Waals surface area (Å²) in [6.07, 6.45) is 0. The molecular formula is C26H22ClNO5. The number of fused-ring (bicyclic) bond motifs is 1. The van der Waals surface area contributed by atoms with Gasteiger partial charge in [0.25, 0.3) is 5.91 Å². The fourth-order valence-corrected chi connectivity index (χ4v) is 3.77. The van der Waals surface area contributed by atoms with Crippen molar-refractivity contribution in [1.29, 1.82) is 0 Å². The van der Waals surface area contributed by atoms with Crippen molar-refractivity contribution in [3.05, 3.63) is 87.0 Å². The molecule has 0 bridgehead atoms. The van der Waals surface area contributed by atoms with Crippen LogP contribution in [0, 0.1) is 13.8 Å². The minimum Gasteiger partial charge on any atom is -0.497 e. The zero-order chi connectivity index (χ0) is 23.5. The van der Waals surface area contributed by atoms with Gasteiger partial charge in [-0.25, -0.2) is 0 Å². The van der Waals surface area contributed by atoms with E-state index < -0.39 is 11.3 Å². The van der Waals surface area contributed by atoms with E-state index in [1.165, 1.54) is 6.07 Å². The summed E-state index contributed by atoms with van der Waals surface area (Å²) in [5.74, 6) is 0.414. The average Bonchev–Trinajstić information content (AvgIpc) is 2.78. The maximum atomic E-state index is 13.3. The molecule has 1 N–H and O–H groups in total. The molecule has 4 aromatic rings. The first-order valence-corrected chi connectivity index (χ1v) is 10.6. The smallest absolute Gasteiger partial charge is 0.262 e. The molecule has 0 saturated heterocycles. The van der Waals surface area contributed by atoms with Gasteiger partial charge in [-0.1, -0.05) is 17.7 Å². The molecule has 0 atom stereocenters. The zero-order valence-corrected chi connectivity index (χ0v) is 19.2. The van der Waals surface area contributed by atoms with Crippen LogP contribution in [-0.2, 0) is 4.79 Å². The summed E-state index contributed by atoms with van der Waals surface area (Å²) < 4.78 is 16.9. The van der Waals surface area contributed by atoms with Crippen LogP contribution < -0.4 is 20.2 Å². The molecule has 1 aromatic heterocycles. The third-order valence-corrected chi connectivity index (χ3v) is 5.25. The molecule has 0 aliphatic heterocycles. The molecule has 0 aliphatic carbocycles. The van der Waals surface area contributed by atoms with Crippen LogP contribution in [0.3, 0.4) is 0 Å². The van der Waals surface area contributed by atoms with Crippen LogP contribution in [0.1, 0.15) is 11.1 Å². The highest BCUT2D eigenvalue weighted by Crippen LogP contribution is 2.32. The molecule has 7 heteroatoms. The van der Waals surface area contributed by atoms with E-state index in [1.54, 1.807) is 43.5 Å². The van der Waals surface area contributed by atoms with Crippen LogP contribution in [-0.4, -0.2) is 19.6 Å². The van der Waals surface area contributed by atoms with Crippen molar-refractivity contribution in [2.75, 3.05) is 19.0 Å². The van der Waals surface area contributed by atoms with Crippen LogP contribution >= 0.6 is 11.6 Å². The molecule has 1 amide bonds. The van der Waals surface area contributed by atoms with E-state index >= 15 is 0 Å². The SMILES string of the molecule is COc1ccc(-c2oc3ccc(Cl)cc3c(=O)c2OCC(=O)Nc2cc(C)cc(C)c2)cc1. The number of ether oxygens (including phenoxy) is 2. The molecule has 6 nitrogen and oxygen atoms in total. The number of hydrogen-bond donors (Lipinski definition) is 1. The summed E-state index contributed by atoms with van der Waals surface area (Å²) in [5.41, 5.74) is 3.27. The number of benzene rings is 3. The average molecular weight is 464 g/mol. The Hall–Kier alpha value is -3.77. The van der Waals surface area contributed by atoms with Gasteiger partial charge in [0.15, 0.2) is 12.4 Å². The second-order valence-corrected chi connectivity index (χ2v) is 8.11. The second-order valence-electron chi connectivity index (χ2n) is 7.67. The maximum absolute atomic E-state index is 13.3. The topological polar surface area (TPSA) is 77.8 Å². The highest BCUT2D eigenvalue weighted by atomic mass is 35.5. The van der Waals surface area contributed by atoms with Gasteiger partial charge in [-0.3, -0.25) is 9.59 Å². The number of nitrogens with one attached hydrogen (secondary N) is 1. The molecule has 0 fully saturated rings. The summed E-state index contributed by atoms with van der Waals surface area (Å²) in [5, 5.41) is 3.46. The minimum atomic E-state index is -0.413. The van der Waals surface area contributed by atoms with E-state index in [0.29, 0.717) is 27.6 Å². The first-order valence-electron chi connectivity index (χ1n) is 10.3. The first kappa shape index (κ1) is 22.4. The minimum absolute atomic E-state index is 0.0643. The Balaban J connectivity index is 1.69. The number of aryl methyl sites for hydroxylation is 2. The number of anilines is 1. The molecule has 0 saturated carbocycles. The largest absolute Gasteiger partial charge is 0.497 e. The maximum Gasteiger partial charge on any atom is 0.262 e. The number of carbonyl (C=O) groups is 1. The van der Waals surface area contributed by atoms with Gasteiger partial charge in [0.1, 0.15) is 11.3 Å². The third-order valence-electron chi connectivity index (χ3n) is 5.02. The molecule has 1 heterocycles. The predicted octanol–water partition coefficient (Wildman–Crippen LogP) is 5.76. The fraction of sp³-hybridized carbons (Fsp3) is 0.154. The summed E-state index contributed by atoms with van der Waals surface area (Å²) in [4.78, 5) is 25.8. The van der Waals surface area contributed by atoms with Crippen molar-refractivity contribution in [1.82, 2.24) is 0 Å². The van der Waals surface area contributed by atoms with E-state index in [2.05, 4.69) is 5.32 Å². The number of carbonyl (C=O) groups excluding carboxylic acids is 1. The molecule has 168 valence electrons. The van der Waals surface area contributed by atoms with Crippen molar-refractivity contribution < 1.29 is 18.7 Å². The van der Waals surface area contributed by atoms with Gasteiger partial charge in [0.2, 0.25) is 11.2 Å². The zero-order valence-electron chi connectivity index (χ0n) is 18.4. The van der Waals surface area contributed by atoms with Crippen LogP contribution in [0.25, 0.3) is 22.3 Å². The van der Waals surface area contributed by atoms with Crippen LogP contribution in [0.15, 0.2) is 69.9 Å². The number of halogens is 1. The quantitative estimate of drug-likeness (QED) is 0.393. The third kappa shape index (κ3) is 5.02. The van der Waals surface area contributed by atoms with E-state index in [0.717, 1.165) is 11.1 Å². The summed E-state index contributed by atoms with van der Waals surface area (Å²) in [6.45, 7) is 3.53. The Labute approximate surface area is 195 Å². The van der Waals surface area contributed by atoms with E-state index in [1.807, 2.05) is 32.0 Å². The van der Waals surface area contributed by atoms with Crippen LogP contribution in [0.4, 0.5) is 5.69 Å². The lowest BCUT2D eigenvalue weighted by molar-refractivity contribution is -0.118. The van der Waals surface area contributed by atoms with Gasteiger partial charge in [0.05, 0.1) is 12.5 Å². The Kier molecular flexibility index (Phi) is 6.38. The lowest BCUT2D eigenvalue weighted by atomic mass is 10.1. The van der Waals surface area contributed by atoms with E-state index in [9.17, 15) is 9.59 Å². The predicted molar refractivity (Wildman–Crippen MR) is 130 cm³/mol. The molecule has 33 heavy (non-hydrogen) atoms. The number of hydrogen-bond acceptors (Lipinski definition) is 5. The van der Waals surface area contributed by atoms with Crippen LogP contribution in [0.5, 0.6) is 11.5 Å². The van der Waals surface area contributed by atoms with Gasteiger partial charge in [-0.15, -0.1) is 0 Å². The summed E-state index contributed by atoms with van der Waals surface area (Å²) >= 11 is 6.08. The molecule has 0 spiro atoms. The molecule has 0 radical (unpaired) electrons. The van der Waals surface area contributed by atoms with Crippen molar-refractivity contribution in [3.63, 3.8) is 0 Å². The fourth-order valence-electron chi connectivity index (χ4n) is 3.60. The Morgan fingerprint density at radius 1 is 1.00 bits per heavy atom. The van der Waals surface area contributed by atoms with Crippen molar-refractivity contribution in [3.8, 4) is 22.8 Å². The van der Waals surface area contributed by atoms with Crippen molar-refractivity contribution in [2.24, 2.45) is 0 Å². The van der Waals surface area contributed by atoms with Crippen LogP contribution in [0.2, 0.25) is 5.02 Å². The highest BCUT2D eigenvalue weighted by Gasteiger charge is 2.19. The van der Waals surface area contributed by atoms with Crippen molar-refractivity contribution >= 4 is 34.2 Å². The standard InChI is InChI=1S/C26H22ClNO5/c1-15-10-16(2)12-19(11-15)28-23(29)14-32-26-24(30)21-13-18(27)6-9-22(21)33-25(26)17-4-7-20(31-3)8-5-17/h4-13H,14H2,1-3H3,(H,28,29). The Morgan fingerprint density at radius 3 is 2.36 bits per heavy atom. The van der Waals surface area contributed by atoms with E-state index in [-0.39, 0.29) is 23.5 Å². The van der Waals surface area contributed by atoms with Gasteiger partial charge >= 0.3 is 0 Å². The van der Waals surface area contributed by atoms with Gasteiger partial charge in [-0.05, 0) is 79.6 Å². The first-order chi connectivity index (χ1) is 15.8. The molecule has 0 aliphatic rings. The summed E-state index contributed by atoms with van der Waals surface area (Å²) in [6, 6.07) is 17.5. The van der Waals surface area contributed by atoms with Gasteiger partial charge in [0, 0.05) is 16.3 Å². The van der Waals surface area contributed by atoms with Gasteiger partial charge < -0.3 is 19.2 Å². The lowest BCUT2D eigenvalue weighted by Gasteiger charge is -2.13. The molecule has 4 rings (SSSR count). The highest BCUT2D eigenvalue weighted by molar-refractivity contribution is 6.31. The second kappa shape index (κ2) is 9.38. The number of amides is 1. The van der Waals surface area contributed by atoms with E-state index in [4.69, 9.17) is 25.5 Å². The monoisotopic (exact) mass is 463 g/mol. The number of methoxy groups -OCH3 is 1. The Morgan fingerprint density at radius 2 is 1.70 bits per heavy atom.